The maximum atomic E-state index is 13.5. The van der Waals surface area contributed by atoms with E-state index >= 15 is 0 Å². The maximum Gasteiger partial charge on any atom is 0.254 e. The molecule has 3 nitrogen and oxygen atoms in total. The van der Waals surface area contributed by atoms with Gasteiger partial charge in [-0.3, -0.25) is 4.79 Å². The lowest BCUT2D eigenvalue weighted by Crippen LogP contribution is -2.42. The number of nitrogens with one attached hydrogen (secondary N) is 1. The summed E-state index contributed by atoms with van der Waals surface area (Å²) in [5.74, 6) is -1.63. The third-order valence-corrected chi connectivity index (χ3v) is 3.25. The van der Waals surface area contributed by atoms with Gasteiger partial charge in [0.15, 0.2) is 0 Å². The number of hydrogen-bond acceptors (Lipinski definition) is 2. The van der Waals surface area contributed by atoms with Crippen LogP contribution in [0.4, 0.5) is 8.78 Å². The molecule has 1 unspecified atom stereocenters. The van der Waals surface area contributed by atoms with Crippen LogP contribution in [-0.4, -0.2) is 18.5 Å². The van der Waals surface area contributed by atoms with Gasteiger partial charge < -0.3 is 11.1 Å². The van der Waals surface area contributed by atoms with E-state index in [-0.39, 0.29) is 29.6 Å². The molecule has 1 amide bonds. The van der Waals surface area contributed by atoms with E-state index in [0.29, 0.717) is 12.5 Å². The molecular formula is C13H17ClF2N2O. The van der Waals surface area contributed by atoms with Crippen molar-refractivity contribution in [1.82, 2.24) is 5.32 Å². The molecule has 1 atom stereocenters. The largest absolute Gasteiger partial charge is 0.348 e. The van der Waals surface area contributed by atoms with Gasteiger partial charge in [-0.25, -0.2) is 8.78 Å². The second-order valence-corrected chi connectivity index (χ2v) is 4.73. The molecule has 1 aromatic rings. The second kappa shape index (κ2) is 6.30. The van der Waals surface area contributed by atoms with Crippen LogP contribution in [0.15, 0.2) is 12.1 Å². The number of aryl methyl sites for hydroxylation is 1. The van der Waals surface area contributed by atoms with Crippen LogP contribution in [0.2, 0.25) is 0 Å². The lowest BCUT2D eigenvalue weighted by Gasteiger charge is -2.16. The Bertz CT molecular complexity index is 478. The van der Waals surface area contributed by atoms with Gasteiger partial charge in [-0.1, -0.05) is 0 Å². The van der Waals surface area contributed by atoms with Gasteiger partial charge >= 0.3 is 0 Å². The summed E-state index contributed by atoms with van der Waals surface area (Å²) in [5, 5.41) is 2.71. The Balaban J connectivity index is 0.00000180. The Morgan fingerprint density at radius 1 is 1.42 bits per heavy atom. The third kappa shape index (κ3) is 3.64. The van der Waals surface area contributed by atoms with E-state index in [2.05, 4.69) is 5.32 Å². The quantitative estimate of drug-likeness (QED) is 0.893. The summed E-state index contributed by atoms with van der Waals surface area (Å²) >= 11 is 0. The van der Waals surface area contributed by atoms with Gasteiger partial charge in [-0.05, 0) is 37.3 Å². The van der Waals surface area contributed by atoms with Crippen molar-refractivity contribution in [1.29, 1.82) is 0 Å². The van der Waals surface area contributed by atoms with Crippen LogP contribution in [-0.2, 0) is 0 Å². The van der Waals surface area contributed by atoms with Gasteiger partial charge in [0.05, 0.1) is 5.56 Å². The zero-order valence-electron chi connectivity index (χ0n) is 10.6. The molecule has 1 aromatic carbocycles. The second-order valence-electron chi connectivity index (χ2n) is 4.73. The fourth-order valence-corrected chi connectivity index (χ4v) is 1.95. The van der Waals surface area contributed by atoms with Crippen molar-refractivity contribution < 1.29 is 13.6 Å². The Labute approximate surface area is 117 Å². The van der Waals surface area contributed by atoms with E-state index in [9.17, 15) is 13.6 Å². The van der Waals surface area contributed by atoms with Gasteiger partial charge in [-0.15, -0.1) is 12.4 Å². The van der Waals surface area contributed by atoms with E-state index in [0.717, 1.165) is 18.9 Å². The highest BCUT2D eigenvalue weighted by Gasteiger charge is 2.31. The minimum Gasteiger partial charge on any atom is -0.348 e. The lowest BCUT2D eigenvalue weighted by molar-refractivity contribution is 0.0929. The molecule has 0 heterocycles. The smallest absolute Gasteiger partial charge is 0.254 e. The SMILES string of the molecule is Cc1cc(C(=O)NC(CN)C2CC2)c(F)cc1F.Cl. The van der Waals surface area contributed by atoms with Gasteiger partial charge in [0.2, 0.25) is 0 Å². The number of halogens is 3. The highest BCUT2D eigenvalue weighted by atomic mass is 35.5. The first-order valence-electron chi connectivity index (χ1n) is 5.99. The van der Waals surface area contributed by atoms with E-state index in [1.165, 1.54) is 13.0 Å². The zero-order valence-corrected chi connectivity index (χ0v) is 11.4. The molecule has 106 valence electrons. The van der Waals surface area contributed by atoms with Crippen LogP contribution >= 0.6 is 12.4 Å². The van der Waals surface area contributed by atoms with Crippen molar-refractivity contribution in [2.45, 2.75) is 25.8 Å². The number of rotatable bonds is 4. The Morgan fingerprint density at radius 3 is 2.58 bits per heavy atom. The van der Waals surface area contributed by atoms with E-state index < -0.39 is 17.5 Å². The molecule has 0 spiro atoms. The predicted molar refractivity (Wildman–Crippen MR) is 71.4 cm³/mol. The Hall–Kier alpha value is -1.20. The average Bonchev–Trinajstić information content (AvgIpc) is 3.14. The van der Waals surface area contributed by atoms with Crippen molar-refractivity contribution in [2.24, 2.45) is 11.7 Å². The molecular weight excluding hydrogens is 274 g/mol. The number of carbonyl (C=O) groups excluding carboxylic acids is 1. The molecule has 0 aliphatic heterocycles. The maximum absolute atomic E-state index is 13.5. The summed E-state index contributed by atoms with van der Waals surface area (Å²) in [4.78, 5) is 11.9. The lowest BCUT2D eigenvalue weighted by atomic mass is 10.1. The number of carbonyl (C=O) groups is 1. The standard InChI is InChI=1S/C13H16F2N2O.ClH/c1-7-4-9(11(15)5-10(7)14)13(18)17-12(6-16)8-2-3-8;/h4-5,8,12H,2-3,6,16H2,1H3,(H,17,18);1H. The molecule has 0 saturated heterocycles. The number of nitrogens with two attached hydrogens (primary N) is 1. The molecule has 0 aromatic heterocycles. The van der Waals surface area contributed by atoms with Crippen LogP contribution in [0.25, 0.3) is 0 Å². The third-order valence-electron chi connectivity index (χ3n) is 3.25. The Morgan fingerprint density at radius 2 is 2.05 bits per heavy atom. The molecule has 0 radical (unpaired) electrons. The molecule has 0 bridgehead atoms. The number of amides is 1. The normalized spacial score (nSPS) is 15.6. The minimum absolute atomic E-state index is 0. The van der Waals surface area contributed by atoms with Crippen molar-refractivity contribution in [2.75, 3.05) is 6.54 Å². The highest BCUT2D eigenvalue weighted by molar-refractivity contribution is 5.94. The summed E-state index contributed by atoms with van der Waals surface area (Å²) in [7, 11) is 0. The van der Waals surface area contributed by atoms with Crippen molar-refractivity contribution >= 4 is 18.3 Å². The molecule has 19 heavy (non-hydrogen) atoms. The van der Waals surface area contributed by atoms with Gasteiger partial charge in [0.25, 0.3) is 5.91 Å². The topological polar surface area (TPSA) is 55.1 Å². The summed E-state index contributed by atoms with van der Waals surface area (Å²) in [6.45, 7) is 1.82. The first-order chi connectivity index (χ1) is 8.52. The predicted octanol–water partition coefficient (Wildman–Crippen LogP) is 2.16. The highest BCUT2D eigenvalue weighted by Crippen LogP contribution is 2.32. The van der Waals surface area contributed by atoms with Crippen molar-refractivity contribution in [3.05, 3.63) is 34.9 Å². The molecule has 1 aliphatic rings. The summed E-state index contributed by atoms with van der Waals surface area (Å²) in [5.41, 5.74) is 5.68. The van der Waals surface area contributed by atoms with Crippen molar-refractivity contribution in [3.63, 3.8) is 0 Å². The van der Waals surface area contributed by atoms with Crippen LogP contribution in [0.1, 0.15) is 28.8 Å². The molecule has 1 saturated carbocycles. The molecule has 1 aliphatic carbocycles. The first kappa shape index (κ1) is 15.9. The summed E-state index contributed by atoms with van der Waals surface area (Å²) in [6, 6.07) is 1.83. The average molecular weight is 291 g/mol. The van der Waals surface area contributed by atoms with E-state index in [1.807, 2.05) is 0 Å². The molecule has 2 rings (SSSR count). The zero-order chi connectivity index (χ0) is 13.3. The van der Waals surface area contributed by atoms with Crippen LogP contribution in [0, 0.1) is 24.5 Å². The number of benzene rings is 1. The minimum atomic E-state index is -0.845. The molecule has 1 fully saturated rings. The fraction of sp³-hybridized carbons (Fsp3) is 0.462. The monoisotopic (exact) mass is 290 g/mol. The Kier molecular flexibility index (Phi) is 5.26. The van der Waals surface area contributed by atoms with E-state index in [1.54, 1.807) is 0 Å². The van der Waals surface area contributed by atoms with Gasteiger partial charge in [0, 0.05) is 18.7 Å². The molecule has 3 N–H and O–H groups in total. The van der Waals surface area contributed by atoms with Crippen LogP contribution in [0.3, 0.4) is 0 Å². The van der Waals surface area contributed by atoms with E-state index in [4.69, 9.17) is 5.73 Å². The van der Waals surface area contributed by atoms with Crippen LogP contribution < -0.4 is 11.1 Å². The fourth-order valence-electron chi connectivity index (χ4n) is 1.95. The van der Waals surface area contributed by atoms with Gasteiger partial charge in [-0.2, -0.15) is 0 Å². The van der Waals surface area contributed by atoms with Crippen LogP contribution in [0.5, 0.6) is 0 Å². The summed E-state index contributed by atoms with van der Waals surface area (Å²) < 4.78 is 26.6. The molecule has 6 heteroatoms. The van der Waals surface area contributed by atoms with Gasteiger partial charge in [0.1, 0.15) is 11.6 Å². The summed E-state index contributed by atoms with van der Waals surface area (Å²) in [6.07, 6.45) is 2.07. The van der Waals surface area contributed by atoms with Crippen molar-refractivity contribution in [3.8, 4) is 0 Å². The number of hydrogen-bond donors (Lipinski definition) is 2. The first-order valence-corrected chi connectivity index (χ1v) is 5.99.